The summed E-state index contributed by atoms with van der Waals surface area (Å²) >= 11 is 0. The number of carbonyl (C=O) groups excluding carboxylic acids is 3. The molecular weight excluding hydrogens is 579 g/mol. The fourth-order valence-corrected chi connectivity index (χ4v) is 6.03. The zero-order valence-electron chi connectivity index (χ0n) is 26.2. The predicted octanol–water partition coefficient (Wildman–Crippen LogP) is 4.24. The Bertz CT molecular complexity index is 1510. The van der Waals surface area contributed by atoms with Gasteiger partial charge in [-0.3, -0.25) is 4.79 Å². The molecule has 3 heterocycles. The van der Waals surface area contributed by atoms with Crippen LogP contribution in [0.3, 0.4) is 0 Å². The minimum absolute atomic E-state index is 0.103. The second kappa shape index (κ2) is 13.6. The van der Waals surface area contributed by atoms with Crippen LogP contribution in [0.4, 0.5) is 19.7 Å². The summed E-state index contributed by atoms with van der Waals surface area (Å²) < 4.78 is 20.6. The summed E-state index contributed by atoms with van der Waals surface area (Å²) in [4.78, 5) is 43.8. The Hall–Kier alpha value is -4.55. The molecule has 2 saturated heterocycles. The van der Waals surface area contributed by atoms with Crippen LogP contribution in [-0.2, 0) is 23.0 Å². The lowest BCUT2D eigenvalue weighted by atomic mass is 9.87. The van der Waals surface area contributed by atoms with Gasteiger partial charge in [0.25, 0.3) is 0 Å². The van der Waals surface area contributed by atoms with E-state index in [2.05, 4.69) is 26.2 Å². The van der Waals surface area contributed by atoms with Crippen LogP contribution in [0.1, 0.15) is 45.6 Å². The maximum absolute atomic E-state index is 14.1. The van der Waals surface area contributed by atoms with E-state index in [0.29, 0.717) is 37.6 Å². The average Bonchev–Trinajstić information content (AvgIpc) is 3.43. The number of tetrazole rings is 1. The zero-order chi connectivity index (χ0) is 32.1. The Labute approximate surface area is 262 Å². The first-order valence-corrected chi connectivity index (χ1v) is 15.4. The molecule has 2 N–H and O–H groups in total. The number of nitrogens with zero attached hydrogens (tertiary/aromatic N) is 6. The Balaban J connectivity index is 1.29. The van der Waals surface area contributed by atoms with Crippen LogP contribution in [0.15, 0.2) is 48.5 Å². The van der Waals surface area contributed by atoms with E-state index in [9.17, 15) is 18.8 Å². The number of ether oxygens (including phenoxy) is 1. The van der Waals surface area contributed by atoms with E-state index in [1.165, 1.54) is 12.1 Å². The lowest BCUT2D eigenvalue weighted by molar-refractivity contribution is -0.140. The van der Waals surface area contributed by atoms with Gasteiger partial charge in [0.05, 0.1) is 5.92 Å². The number of amides is 4. The number of aromatic nitrogens is 4. The summed E-state index contributed by atoms with van der Waals surface area (Å²) in [5, 5.41) is 17.4. The van der Waals surface area contributed by atoms with Crippen molar-refractivity contribution in [1.29, 1.82) is 0 Å². The molecule has 1 aromatic heterocycles. The normalized spacial score (nSPS) is 20.4. The highest BCUT2D eigenvalue weighted by Gasteiger charge is 2.41. The first-order valence-electron chi connectivity index (χ1n) is 15.4. The fourth-order valence-electron chi connectivity index (χ4n) is 6.03. The van der Waals surface area contributed by atoms with Crippen molar-refractivity contribution >= 4 is 23.7 Å². The second-order valence-electron chi connectivity index (χ2n) is 12.9. The Morgan fingerprint density at radius 3 is 2.51 bits per heavy atom. The smallest absolute Gasteiger partial charge is 0.410 e. The lowest BCUT2D eigenvalue weighted by Gasteiger charge is -2.42. The monoisotopic (exact) mass is 620 g/mol. The molecule has 2 aliphatic rings. The van der Waals surface area contributed by atoms with Gasteiger partial charge >= 0.3 is 12.1 Å². The van der Waals surface area contributed by atoms with E-state index in [-0.39, 0.29) is 24.2 Å². The Morgan fingerprint density at radius 2 is 1.80 bits per heavy atom. The molecule has 12 nitrogen and oxygen atoms in total. The summed E-state index contributed by atoms with van der Waals surface area (Å²) in [6.07, 6.45) is 2.46. The highest BCUT2D eigenvalue weighted by Crippen LogP contribution is 2.27. The quantitative estimate of drug-likeness (QED) is 0.421. The number of benzene rings is 2. The molecule has 2 aromatic carbocycles. The number of urea groups is 1. The van der Waals surface area contributed by atoms with Crippen LogP contribution in [0.25, 0.3) is 11.4 Å². The third kappa shape index (κ3) is 8.34. The van der Waals surface area contributed by atoms with Crippen molar-refractivity contribution in [2.45, 2.75) is 58.1 Å². The van der Waals surface area contributed by atoms with Crippen LogP contribution in [0.5, 0.6) is 0 Å². The van der Waals surface area contributed by atoms with Gasteiger partial charge in [-0.25, -0.2) is 18.7 Å². The molecule has 3 aromatic rings. The standard InChI is InChI=1S/C32H41FN8O4/c1-32(2,3)45-31(44)41-16-14-27(35-30(43)34-25-9-5-8-23(18-25)28-36-37-38-39(28)4)26(20-41)29(42)40-15-6-7-22(19-40)17-21-10-12-24(33)13-11-21/h5,8-13,18,22,26-27H,6-7,14-17,19-20H2,1-4H3,(H2,34,35,43)/t22?,26?,27-/m1/s1. The van der Waals surface area contributed by atoms with E-state index in [1.54, 1.807) is 67.7 Å². The third-order valence-electron chi connectivity index (χ3n) is 8.17. The van der Waals surface area contributed by atoms with Gasteiger partial charge in [0, 0.05) is 50.5 Å². The van der Waals surface area contributed by atoms with Gasteiger partial charge in [-0.05, 0) is 92.6 Å². The molecular formula is C32H41FN8O4. The molecule has 0 bridgehead atoms. The molecule has 2 unspecified atom stereocenters. The van der Waals surface area contributed by atoms with Crippen LogP contribution in [-0.4, -0.2) is 85.9 Å². The van der Waals surface area contributed by atoms with Crippen LogP contribution in [0.2, 0.25) is 0 Å². The van der Waals surface area contributed by atoms with Gasteiger partial charge in [-0.15, -0.1) is 5.10 Å². The van der Waals surface area contributed by atoms with Crippen molar-refractivity contribution in [3.05, 3.63) is 59.9 Å². The Kier molecular flexibility index (Phi) is 9.64. The fraction of sp³-hybridized carbons (Fsp3) is 0.500. The third-order valence-corrected chi connectivity index (χ3v) is 8.17. The summed E-state index contributed by atoms with van der Waals surface area (Å²) in [6.45, 7) is 7.04. The zero-order valence-corrected chi connectivity index (χ0v) is 26.2. The summed E-state index contributed by atoms with van der Waals surface area (Å²) in [5.74, 6) is -0.251. The van der Waals surface area contributed by atoms with E-state index in [4.69, 9.17) is 4.74 Å². The molecule has 0 spiro atoms. The van der Waals surface area contributed by atoms with Gasteiger partial charge < -0.3 is 25.2 Å². The predicted molar refractivity (Wildman–Crippen MR) is 165 cm³/mol. The largest absolute Gasteiger partial charge is 0.444 e. The van der Waals surface area contributed by atoms with Gasteiger partial charge in [-0.2, -0.15) is 0 Å². The van der Waals surface area contributed by atoms with E-state index in [1.807, 2.05) is 11.0 Å². The number of hydrogen-bond donors (Lipinski definition) is 2. The highest BCUT2D eigenvalue weighted by molar-refractivity contribution is 5.91. The minimum Gasteiger partial charge on any atom is -0.444 e. The number of rotatable bonds is 6. The number of nitrogens with one attached hydrogen (secondary N) is 2. The lowest BCUT2D eigenvalue weighted by Crippen LogP contribution is -2.59. The van der Waals surface area contributed by atoms with Crippen molar-refractivity contribution < 1.29 is 23.5 Å². The molecule has 2 aliphatic heterocycles. The summed E-state index contributed by atoms with van der Waals surface area (Å²) in [5.41, 5.74) is 1.63. The van der Waals surface area contributed by atoms with Crippen molar-refractivity contribution in [1.82, 2.24) is 35.3 Å². The number of piperidine rings is 2. The SMILES string of the molecule is Cn1nnnc1-c1cccc(NC(=O)N[C@@H]2CCN(C(=O)OC(C)(C)C)CC2C(=O)N2CCCC(Cc3ccc(F)cc3)C2)c1. The molecule has 45 heavy (non-hydrogen) atoms. The maximum Gasteiger partial charge on any atom is 0.410 e. The molecule has 240 valence electrons. The van der Waals surface area contributed by atoms with E-state index in [0.717, 1.165) is 30.4 Å². The van der Waals surface area contributed by atoms with Gasteiger partial charge in [-0.1, -0.05) is 24.3 Å². The van der Waals surface area contributed by atoms with Crippen molar-refractivity contribution in [3.63, 3.8) is 0 Å². The van der Waals surface area contributed by atoms with Gasteiger partial charge in [0.2, 0.25) is 5.91 Å². The Morgan fingerprint density at radius 1 is 1.02 bits per heavy atom. The molecule has 0 aliphatic carbocycles. The van der Waals surface area contributed by atoms with Crippen LogP contribution >= 0.6 is 0 Å². The molecule has 0 radical (unpaired) electrons. The van der Waals surface area contributed by atoms with Crippen molar-refractivity contribution in [2.24, 2.45) is 18.9 Å². The van der Waals surface area contributed by atoms with Crippen LogP contribution in [0, 0.1) is 17.7 Å². The number of hydrogen-bond acceptors (Lipinski definition) is 7. The first-order chi connectivity index (χ1) is 21.4. The maximum atomic E-state index is 14.1. The van der Waals surface area contributed by atoms with Crippen LogP contribution < -0.4 is 10.6 Å². The molecule has 13 heteroatoms. The number of anilines is 1. The van der Waals surface area contributed by atoms with E-state index < -0.39 is 29.7 Å². The number of halogens is 1. The molecule has 4 amide bonds. The highest BCUT2D eigenvalue weighted by atomic mass is 19.1. The summed E-state index contributed by atoms with van der Waals surface area (Å²) in [7, 11) is 1.73. The molecule has 3 atom stereocenters. The number of aryl methyl sites for hydroxylation is 1. The number of likely N-dealkylation sites (tertiary alicyclic amines) is 2. The van der Waals surface area contributed by atoms with Crippen molar-refractivity contribution in [3.8, 4) is 11.4 Å². The summed E-state index contributed by atoms with van der Waals surface area (Å²) in [6, 6.07) is 12.7. The molecule has 5 rings (SSSR count). The molecule has 2 fully saturated rings. The van der Waals surface area contributed by atoms with Crippen molar-refractivity contribution in [2.75, 3.05) is 31.5 Å². The van der Waals surface area contributed by atoms with Gasteiger partial charge in [0.1, 0.15) is 11.4 Å². The molecule has 0 saturated carbocycles. The second-order valence-corrected chi connectivity index (χ2v) is 12.9. The minimum atomic E-state index is -0.679. The van der Waals surface area contributed by atoms with E-state index >= 15 is 0 Å². The number of carbonyl (C=O) groups is 3. The first kappa shape index (κ1) is 31.9. The van der Waals surface area contributed by atoms with Gasteiger partial charge in [0.15, 0.2) is 5.82 Å². The average molecular weight is 621 g/mol. The topological polar surface area (TPSA) is 135 Å².